The van der Waals surface area contributed by atoms with Gasteiger partial charge in [0.15, 0.2) is 0 Å². The second-order valence-corrected chi connectivity index (χ2v) is 5.28. The van der Waals surface area contributed by atoms with E-state index in [1.54, 1.807) is 0 Å². The summed E-state index contributed by atoms with van der Waals surface area (Å²) in [5.74, 6) is -0.969. The third-order valence-corrected chi connectivity index (χ3v) is 3.78. The van der Waals surface area contributed by atoms with Crippen LogP contribution in [0.2, 0.25) is 5.15 Å². The number of nitrogens with one attached hydrogen (secondary N) is 1. The first-order valence-electron chi connectivity index (χ1n) is 4.75. The zero-order chi connectivity index (χ0) is 12.9. The lowest BCUT2D eigenvalue weighted by molar-refractivity contribution is -0.137. The first-order chi connectivity index (χ1) is 7.93. The molecule has 94 valence electrons. The summed E-state index contributed by atoms with van der Waals surface area (Å²) in [5.41, 5.74) is 0. The molecular formula is C9H11ClN2O4S. The Morgan fingerprint density at radius 2 is 2.24 bits per heavy atom. The Hall–Kier alpha value is -1.18. The van der Waals surface area contributed by atoms with Gasteiger partial charge in [0.25, 0.3) is 0 Å². The Morgan fingerprint density at radius 3 is 2.82 bits per heavy atom. The zero-order valence-corrected chi connectivity index (χ0v) is 10.3. The minimum absolute atomic E-state index is 0.0415. The number of carbonyl (C=O) groups is 1. The van der Waals surface area contributed by atoms with Gasteiger partial charge in [-0.05, 0) is 18.6 Å². The van der Waals surface area contributed by atoms with Crippen molar-refractivity contribution >= 4 is 27.6 Å². The molecule has 1 rings (SSSR count). The Kier molecular flexibility index (Phi) is 4.86. The van der Waals surface area contributed by atoms with Gasteiger partial charge >= 0.3 is 5.97 Å². The highest BCUT2D eigenvalue weighted by Gasteiger charge is 2.17. The lowest BCUT2D eigenvalue weighted by Crippen LogP contribution is -2.25. The van der Waals surface area contributed by atoms with E-state index in [0.29, 0.717) is 0 Å². The van der Waals surface area contributed by atoms with Crippen LogP contribution >= 0.6 is 11.6 Å². The van der Waals surface area contributed by atoms with Crippen molar-refractivity contribution in [1.82, 2.24) is 9.71 Å². The highest BCUT2D eigenvalue weighted by molar-refractivity contribution is 7.89. The number of aromatic nitrogens is 1. The number of hydrogen-bond acceptors (Lipinski definition) is 4. The minimum Gasteiger partial charge on any atom is -0.481 e. The first-order valence-corrected chi connectivity index (χ1v) is 6.61. The van der Waals surface area contributed by atoms with Crippen molar-refractivity contribution in [2.75, 3.05) is 6.54 Å². The van der Waals surface area contributed by atoms with E-state index in [9.17, 15) is 13.2 Å². The maximum atomic E-state index is 11.7. The van der Waals surface area contributed by atoms with E-state index < -0.39 is 16.0 Å². The van der Waals surface area contributed by atoms with Crippen LogP contribution in [0, 0.1) is 0 Å². The van der Waals surface area contributed by atoms with Crippen LogP contribution in [0.4, 0.5) is 0 Å². The van der Waals surface area contributed by atoms with E-state index >= 15 is 0 Å². The summed E-state index contributed by atoms with van der Waals surface area (Å²) >= 11 is 5.65. The van der Waals surface area contributed by atoms with E-state index in [-0.39, 0.29) is 29.4 Å². The van der Waals surface area contributed by atoms with Gasteiger partial charge in [-0.25, -0.2) is 18.1 Å². The van der Waals surface area contributed by atoms with Gasteiger partial charge in [0.1, 0.15) is 10.0 Å². The molecule has 1 heterocycles. The Balaban J connectivity index is 2.64. The quantitative estimate of drug-likeness (QED) is 0.595. The number of carboxylic acids is 1. The van der Waals surface area contributed by atoms with Crippen LogP contribution < -0.4 is 4.72 Å². The number of sulfonamides is 1. The van der Waals surface area contributed by atoms with Gasteiger partial charge in [-0.2, -0.15) is 0 Å². The molecule has 0 amide bonds. The van der Waals surface area contributed by atoms with Crippen molar-refractivity contribution < 1.29 is 18.3 Å². The van der Waals surface area contributed by atoms with Crippen molar-refractivity contribution in [3.8, 4) is 0 Å². The molecular weight excluding hydrogens is 268 g/mol. The van der Waals surface area contributed by atoms with E-state index in [0.717, 1.165) is 0 Å². The molecule has 0 saturated heterocycles. The topological polar surface area (TPSA) is 96.4 Å². The van der Waals surface area contributed by atoms with E-state index in [2.05, 4.69) is 9.71 Å². The fraction of sp³-hybridized carbons (Fsp3) is 0.333. The molecule has 17 heavy (non-hydrogen) atoms. The number of aliphatic carboxylic acids is 1. The second kappa shape index (κ2) is 5.95. The molecule has 1 aromatic rings. The SMILES string of the molecule is O=C(O)CCCNS(=O)(=O)c1cccnc1Cl. The van der Waals surface area contributed by atoms with Gasteiger partial charge in [-0.15, -0.1) is 0 Å². The van der Waals surface area contributed by atoms with Crippen LogP contribution in [0.5, 0.6) is 0 Å². The summed E-state index contributed by atoms with van der Waals surface area (Å²) in [7, 11) is -3.73. The largest absolute Gasteiger partial charge is 0.481 e. The molecule has 0 aliphatic heterocycles. The van der Waals surface area contributed by atoms with Crippen LogP contribution in [0.1, 0.15) is 12.8 Å². The van der Waals surface area contributed by atoms with Crippen LogP contribution in [-0.2, 0) is 14.8 Å². The second-order valence-electron chi connectivity index (χ2n) is 3.19. The van der Waals surface area contributed by atoms with Crippen molar-refractivity contribution in [2.45, 2.75) is 17.7 Å². The maximum Gasteiger partial charge on any atom is 0.303 e. The van der Waals surface area contributed by atoms with Crippen molar-refractivity contribution in [3.63, 3.8) is 0 Å². The normalized spacial score (nSPS) is 11.4. The molecule has 0 bridgehead atoms. The third-order valence-electron chi connectivity index (χ3n) is 1.87. The maximum absolute atomic E-state index is 11.7. The van der Waals surface area contributed by atoms with Gasteiger partial charge in [-0.1, -0.05) is 11.6 Å². The molecule has 0 aliphatic carbocycles. The van der Waals surface area contributed by atoms with Crippen molar-refractivity contribution in [1.29, 1.82) is 0 Å². The standard InChI is InChI=1S/C9H11ClN2O4S/c10-9-7(3-1-5-11-9)17(15,16)12-6-2-4-8(13)14/h1,3,5,12H,2,4,6H2,(H,13,14). The number of pyridine rings is 1. The van der Waals surface area contributed by atoms with E-state index in [4.69, 9.17) is 16.7 Å². The Bertz CT molecular complexity index is 503. The summed E-state index contributed by atoms with van der Waals surface area (Å²) in [6, 6.07) is 2.78. The molecule has 2 N–H and O–H groups in total. The van der Waals surface area contributed by atoms with Gasteiger partial charge in [0.2, 0.25) is 10.0 Å². The van der Waals surface area contributed by atoms with E-state index in [1.807, 2.05) is 0 Å². The van der Waals surface area contributed by atoms with Crippen LogP contribution in [-0.4, -0.2) is 31.0 Å². The number of nitrogens with zero attached hydrogens (tertiary/aromatic N) is 1. The molecule has 0 saturated carbocycles. The Morgan fingerprint density at radius 1 is 1.53 bits per heavy atom. The van der Waals surface area contributed by atoms with Gasteiger partial charge < -0.3 is 5.11 Å². The molecule has 0 spiro atoms. The summed E-state index contributed by atoms with van der Waals surface area (Å²) in [6.45, 7) is 0.0415. The molecule has 0 aromatic carbocycles. The fourth-order valence-corrected chi connectivity index (χ4v) is 2.62. The molecule has 0 radical (unpaired) electrons. The summed E-state index contributed by atoms with van der Waals surface area (Å²) in [4.78, 5) is 13.8. The van der Waals surface area contributed by atoms with E-state index in [1.165, 1.54) is 18.3 Å². The smallest absolute Gasteiger partial charge is 0.303 e. The van der Waals surface area contributed by atoms with Gasteiger partial charge in [0, 0.05) is 19.2 Å². The Labute approximate surface area is 104 Å². The molecule has 8 heteroatoms. The minimum atomic E-state index is -3.73. The number of hydrogen-bond donors (Lipinski definition) is 2. The molecule has 6 nitrogen and oxygen atoms in total. The third kappa shape index (κ3) is 4.29. The van der Waals surface area contributed by atoms with Crippen LogP contribution in [0.3, 0.4) is 0 Å². The highest BCUT2D eigenvalue weighted by atomic mass is 35.5. The van der Waals surface area contributed by atoms with Crippen molar-refractivity contribution in [3.05, 3.63) is 23.5 Å². The summed E-state index contributed by atoms with van der Waals surface area (Å²) < 4.78 is 25.7. The van der Waals surface area contributed by atoms with Crippen LogP contribution in [0.15, 0.2) is 23.2 Å². The average molecular weight is 279 g/mol. The molecule has 0 unspecified atom stereocenters. The number of rotatable bonds is 6. The zero-order valence-electron chi connectivity index (χ0n) is 8.76. The number of halogens is 1. The van der Waals surface area contributed by atoms with Gasteiger partial charge in [0.05, 0.1) is 0 Å². The molecule has 0 atom stereocenters. The predicted octanol–water partition coefficient (Wildman–Crippen LogP) is 0.878. The lowest BCUT2D eigenvalue weighted by Gasteiger charge is -2.06. The monoisotopic (exact) mass is 278 g/mol. The summed E-state index contributed by atoms with van der Waals surface area (Å²) in [6.07, 6.45) is 1.50. The first kappa shape index (κ1) is 13.9. The fourth-order valence-electron chi connectivity index (χ4n) is 1.10. The predicted molar refractivity (Wildman–Crippen MR) is 61.3 cm³/mol. The number of carboxylic acid groups (broad SMARTS) is 1. The molecule has 0 aliphatic rings. The molecule has 0 fully saturated rings. The van der Waals surface area contributed by atoms with Crippen LogP contribution in [0.25, 0.3) is 0 Å². The molecule has 1 aromatic heterocycles. The summed E-state index contributed by atoms with van der Waals surface area (Å²) in [5, 5.41) is 8.28. The lowest BCUT2D eigenvalue weighted by atomic mass is 10.3. The van der Waals surface area contributed by atoms with Gasteiger partial charge in [-0.3, -0.25) is 4.79 Å². The van der Waals surface area contributed by atoms with Crippen molar-refractivity contribution in [2.24, 2.45) is 0 Å². The average Bonchev–Trinajstić information content (AvgIpc) is 2.24. The highest BCUT2D eigenvalue weighted by Crippen LogP contribution is 2.17.